The van der Waals surface area contributed by atoms with Crippen LogP contribution in [0, 0.1) is 13.8 Å². The lowest BCUT2D eigenvalue weighted by atomic mass is 10.1. The summed E-state index contributed by atoms with van der Waals surface area (Å²) in [6.07, 6.45) is 0.681. The number of aromatic amines is 1. The van der Waals surface area contributed by atoms with E-state index in [4.69, 9.17) is 0 Å². The van der Waals surface area contributed by atoms with Gasteiger partial charge in [-0.25, -0.2) is 13.4 Å². The molecule has 1 aromatic heterocycles. The molecule has 5 heteroatoms. The fourth-order valence-corrected chi connectivity index (χ4v) is 4.24. The third-order valence-electron chi connectivity index (χ3n) is 3.73. The second kappa shape index (κ2) is 3.82. The van der Waals surface area contributed by atoms with Gasteiger partial charge in [0.05, 0.1) is 22.5 Å². The predicted molar refractivity (Wildman–Crippen MR) is 71.6 cm³/mol. The first kappa shape index (κ1) is 11.7. The molecule has 0 spiro atoms. The summed E-state index contributed by atoms with van der Waals surface area (Å²) in [5.74, 6) is 1.36. The lowest BCUT2D eigenvalue weighted by molar-refractivity contribution is 0.601. The number of fused-ring (bicyclic) bond motifs is 1. The number of hydrogen-bond acceptors (Lipinski definition) is 3. The van der Waals surface area contributed by atoms with Gasteiger partial charge < -0.3 is 4.98 Å². The van der Waals surface area contributed by atoms with Crippen LogP contribution in [0.1, 0.15) is 29.3 Å². The van der Waals surface area contributed by atoms with Crippen LogP contribution in [0.5, 0.6) is 0 Å². The van der Waals surface area contributed by atoms with Gasteiger partial charge in [0.15, 0.2) is 9.84 Å². The molecule has 96 valence electrons. The largest absolute Gasteiger partial charge is 0.342 e. The number of benzene rings is 1. The molecule has 1 aliphatic heterocycles. The molecule has 1 unspecified atom stereocenters. The molecule has 1 aromatic carbocycles. The number of H-pyrrole nitrogens is 1. The molecule has 0 radical (unpaired) electrons. The summed E-state index contributed by atoms with van der Waals surface area (Å²) in [6.45, 7) is 4.12. The van der Waals surface area contributed by atoms with Crippen LogP contribution >= 0.6 is 0 Å². The van der Waals surface area contributed by atoms with Crippen LogP contribution in [0.25, 0.3) is 11.0 Å². The zero-order chi connectivity index (χ0) is 12.9. The number of aryl methyl sites for hydroxylation is 2. The Kier molecular flexibility index (Phi) is 2.48. The molecule has 0 aliphatic carbocycles. The van der Waals surface area contributed by atoms with E-state index in [1.807, 2.05) is 6.07 Å². The number of sulfone groups is 1. The molecule has 2 heterocycles. The Morgan fingerprint density at radius 1 is 1.28 bits per heavy atom. The Morgan fingerprint density at radius 2 is 2.00 bits per heavy atom. The summed E-state index contributed by atoms with van der Waals surface area (Å²) in [5, 5.41) is 0. The maximum Gasteiger partial charge on any atom is 0.151 e. The van der Waals surface area contributed by atoms with Crippen LogP contribution in [0.2, 0.25) is 0 Å². The van der Waals surface area contributed by atoms with Gasteiger partial charge in [-0.05, 0) is 43.5 Å². The summed E-state index contributed by atoms with van der Waals surface area (Å²) in [5.41, 5.74) is 4.35. The maximum atomic E-state index is 11.5. The molecule has 0 saturated carbocycles. The Balaban J connectivity index is 2.04. The highest BCUT2D eigenvalue weighted by Crippen LogP contribution is 2.29. The van der Waals surface area contributed by atoms with E-state index < -0.39 is 9.84 Å². The van der Waals surface area contributed by atoms with Gasteiger partial charge in [0.25, 0.3) is 0 Å². The van der Waals surface area contributed by atoms with Crippen molar-refractivity contribution in [3.63, 3.8) is 0 Å². The molecule has 0 bridgehead atoms. The van der Waals surface area contributed by atoms with E-state index in [0.717, 1.165) is 16.9 Å². The normalized spacial score (nSPS) is 22.7. The number of nitrogens with one attached hydrogen (secondary N) is 1. The molecule has 1 aliphatic rings. The lowest BCUT2D eigenvalue weighted by Gasteiger charge is -2.01. The number of imidazole rings is 1. The summed E-state index contributed by atoms with van der Waals surface area (Å²) in [4.78, 5) is 7.81. The van der Waals surface area contributed by atoms with Crippen molar-refractivity contribution in [3.05, 3.63) is 29.1 Å². The Morgan fingerprint density at radius 3 is 2.67 bits per heavy atom. The average Bonchev–Trinajstić information content (AvgIpc) is 2.82. The van der Waals surface area contributed by atoms with Gasteiger partial charge in [-0.2, -0.15) is 0 Å². The first-order chi connectivity index (χ1) is 8.44. The van der Waals surface area contributed by atoms with E-state index in [1.165, 1.54) is 11.1 Å². The summed E-state index contributed by atoms with van der Waals surface area (Å²) >= 11 is 0. The van der Waals surface area contributed by atoms with Crippen molar-refractivity contribution in [2.24, 2.45) is 0 Å². The molecule has 1 fully saturated rings. The molecule has 4 nitrogen and oxygen atoms in total. The van der Waals surface area contributed by atoms with Crippen molar-refractivity contribution < 1.29 is 8.42 Å². The molecular weight excluding hydrogens is 248 g/mol. The summed E-state index contributed by atoms with van der Waals surface area (Å²) in [7, 11) is -2.86. The Bertz CT molecular complexity index is 677. The molecule has 18 heavy (non-hydrogen) atoms. The van der Waals surface area contributed by atoms with Crippen LogP contribution in [-0.4, -0.2) is 29.9 Å². The number of nitrogens with zero attached hydrogens (tertiary/aromatic N) is 1. The highest BCUT2D eigenvalue weighted by Gasteiger charge is 2.31. The van der Waals surface area contributed by atoms with Gasteiger partial charge >= 0.3 is 0 Å². The molecule has 1 saturated heterocycles. The van der Waals surface area contributed by atoms with Gasteiger partial charge in [-0.3, -0.25) is 0 Å². The first-order valence-electron chi connectivity index (χ1n) is 6.12. The van der Waals surface area contributed by atoms with Crippen LogP contribution in [0.4, 0.5) is 0 Å². The molecule has 1 atom stereocenters. The van der Waals surface area contributed by atoms with Gasteiger partial charge in [0.1, 0.15) is 5.82 Å². The van der Waals surface area contributed by atoms with Crippen LogP contribution in [0.15, 0.2) is 12.1 Å². The minimum absolute atomic E-state index is 0.0306. The van der Waals surface area contributed by atoms with Gasteiger partial charge in [0.2, 0.25) is 0 Å². The Hall–Kier alpha value is -1.36. The Labute approximate surface area is 106 Å². The second-order valence-corrected chi connectivity index (χ2v) is 7.40. The van der Waals surface area contributed by atoms with Crippen molar-refractivity contribution in [1.82, 2.24) is 9.97 Å². The van der Waals surface area contributed by atoms with Crippen LogP contribution < -0.4 is 0 Å². The standard InChI is InChI=1S/C13H16N2O2S/c1-8-5-11-12(6-9(8)2)15-13(14-11)10-3-4-18(16,17)7-10/h5-6,10H,3-4,7H2,1-2H3,(H,14,15). The summed E-state index contributed by atoms with van der Waals surface area (Å²) in [6, 6.07) is 4.12. The van der Waals surface area contributed by atoms with E-state index >= 15 is 0 Å². The summed E-state index contributed by atoms with van der Waals surface area (Å²) < 4.78 is 23.0. The molecule has 2 aromatic rings. The fourth-order valence-electron chi connectivity index (χ4n) is 2.49. The molecule has 1 N–H and O–H groups in total. The fraction of sp³-hybridized carbons (Fsp3) is 0.462. The predicted octanol–water partition coefficient (Wildman–Crippen LogP) is 2.08. The minimum Gasteiger partial charge on any atom is -0.342 e. The zero-order valence-electron chi connectivity index (χ0n) is 10.5. The highest BCUT2D eigenvalue weighted by molar-refractivity contribution is 7.91. The van der Waals surface area contributed by atoms with Crippen molar-refractivity contribution in [2.75, 3.05) is 11.5 Å². The smallest absolute Gasteiger partial charge is 0.151 e. The zero-order valence-corrected chi connectivity index (χ0v) is 11.3. The SMILES string of the molecule is Cc1cc2nc(C3CCS(=O)(=O)C3)[nH]c2cc1C. The van der Waals surface area contributed by atoms with Crippen molar-refractivity contribution >= 4 is 20.9 Å². The highest BCUT2D eigenvalue weighted by atomic mass is 32.2. The molecule has 3 rings (SSSR count). The minimum atomic E-state index is -2.86. The third kappa shape index (κ3) is 1.92. The number of rotatable bonds is 1. The number of hydrogen-bond donors (Lipinski definition) is 1. The van der Waals surface area contributed by atoms with Crippen LogP contribution in [0.3, 0.4) is 0 Å². The van der Waals surface area contributed by atoms with Crippen molar-refractivity contribution in [3.8, 4) is 0 Å². The maximum absolute atomic E-state index is 11.5. The average molecular weight is 264 g/mol. The van der Waals surface area contributed by atoms with E-state index in [-0.39, 0.29) is 17.4 Å². The first-order valence-corrected chi connectivity index (χ1v) is 7.94. The topological polar surface area (TPSA) is 62.8 Å². The number of aromatic nitrogens is 2. The monoisotopic (exact) mass is 264 g/mol. The second-order valence-electron chi connectivity index (χ2n) is 5.18. The van der Waals surface area contributed by atoms with Crippen molar-refractivity contribution in [2.45, 2.75) is 26.2 Å². The van der Waals surface area contributed by atoms with Gasteiger partial charge in [-0.1, -0.05) is 0 Å². The van der Waals surface area contributed by atoms with Gasteiger partial charge in [-0.15, -0.1) is 0 Å². The molecule has 0 amide bonds. The third-order valence-corrected chi connectivity index (χ3v) is 5.50. The van der Waals surface area contributed by atoms with Crippen molar-refractivity contribution in [1.29, 1.82) is 0 Å². The van der Waals surface area contributed by atoms with E-state index in [1.54, 1.807) is 0 Å². The van der Waals surface area contributed by atoms with E-state index in [0.29, 0.717) is 6.42 Å². The quantitative estimate of drug-likeness (QED) is 0.857. The van der Waals surface area contributed by atoms with Crippen LogP contribution in [-0.2, 0) is 9.84 Å². The van der Waals surface area contributed by atoms with E-state index in [2.05, 4.69) is 29.9 Å². The lowest BCUT2D eigenvalue weighted by Crippen LogP contribution is -2.04. The molecular formula is C13H16N2O2S. The van der Waals surface area contributed by atoms with Gasteiger partial charge in [0, 0.05) is 5.92 Å². The van der Waals surface area contributed by atoms with E-state index in [9.17, 15) is 8.42 Å².